The summed E-state index contributed by atoms with van der Waals surface area (Å²) in [6.07, 6.45) is -17.0. The van der Waals surface area contributed by atoms with Crippen LogP contribution in [0, 0.1) is 23.3 Å². The summed E-state index contributed by atoms with van der Waals surface area (Å²) in [7, 11) is 0. The number of hydrogen-bond donors (Lipinski definition) is 0. The number of rotatable bonds is 2. The van der Waals surface area contributed by atoms with Crippen LogP contribution in [0.15, 0.2) is 12.1 Å². The molecule has 2 aromatic rings. The van der Waals surface area contributed by atoms with Gasteiger partial charge in [0.05, 0.1) is 16.7 Å². The Balaban J connectivity index is 3.15. The Morgan fingerprint density at radius 3 is 1.35 bits per heavy atom. The third-order valence-electron chi connectivity index (χ3n) is 4.22. The molecule has 2 aromatic carbocycles. The molecule has 0 fully saturated rings. The Morgan fingerprint density at radius 2 is 1.03 bits per heavy atom. The van der Waals surface area contributed by atoms with Gasteiger partial charge in [0.25, 0.3) is 0 Å². The summed E-state index contributed by atoms with van der Waals surface area (Å²) < 4.78 is 175. The highest BCUT2D eigenvalue weighted by Crippen LogP contribution is 2.48. The molecule has 0 aliphatic heterocycles. The van der Waals surface area contributed by atoms with Crippen molar-refractivity contribution in [3.05, 3.63) is 57.7 Å². The van der Waals surface area contributed by atoms with Gasteiger partial charge in [-0.2, -0.15) is 39.5 Å². The summed E-state index contributed by atoms with van der Waals surface area (Å²) in [5.41, 5.74) is -12.2. The lowest BCUT2D eigenvalue weighted by Crippen LogP contribution is -2.19. The van der Waals surface area contributed by atoms with Crippen LogP contribution >= 0.6 is 0 Å². The zero-order valence-electron chi connectivity index (χ0n) is 15.1. The molecule has 0 aliphatic rings. The summed E-state index contributed by atoms with van der Waals surface area (Å²) in [6.45, 7) is 2.01. The van der Waals surface area contributed by atoms with E-state index < -0.39 is 87.2 Å². The molecule has 0 saturated carbocycles. The summed E-state index contributed by atoms with van der Waals surface area (Å²) in [4.78, 5) is 0. The van der Waals surface area contributed by atoms with Crippen molar-refractivity contribution in [1.82, 2.24) is 0 Å². The van der Waals surface area contributed by atoms with Crippen molar-refractivity contribution in [2.45, 2.75) is 38.3 Å². The second-order valence-electron chi connectivity index (χ2n) is 6.64. The Kier molecular flexibility index (Phi) is 6.07. The first-order valence-electron chi connectivity index (χ1n) is 8.05. The number of halogens is 13. The molecule has 172 valence electrons. The highest BCUT2D eigenvalue weighted by Gasteiger charge is 2.45. The van der Waals surface area contributed by atoms with Crippen molar-refractivity contribution in [1.29, 1.82) is 0 Å². The fourth-order valence-electron chi connectivity index (χ4n) is 2.89. The molecule has 0 unspecified atom stereocenters. The Bertz CT molecular complexity index is 978. The predicted molar refractivity (Wildman–Crippen MR) is 80.8 cm³/mol. The van der Waals surface area contributed by atoms with Crippen molar-refractivity contribution >= 4 is 0 Å². The molecule has 0 amide bonds. The summed E-state index contributed by atoms with van der Waals surface area (Å²) in [5, 5.41) is 0. The van der Waals surface area contributed by atoms with Crippen LogP contribution in [-0.2, 0) is 18.5 Å². The smallest absolute Gasteiger partial charge is 0.203 e. The van der Waals surface area contributed by atoms with Crippen molar-refractivity contribution in [3.63, 3.8) is 0 Å². The minimum atomic E-state index is -5.96. The zero-order chi connectivity index (χ0) is 24.3. The molecule has 0 spiro atoms. The molecule has 0 bridgehead atoms. The SMILES string of the molecule is CC(C)c1cc(C(F)(F)F)cc(C(F)(F)F)c1-c1c(F)c(F)c(C(F)(F)F)c(F)c1F. The quantitative estimate of drug-likeness (QED) is 0.306. The van der Waals surface area contributed by atoms with E-state index in [1.54, 1.807) is 0 Å². The van der Waals surface area contributed by atoms with E-state index in [1.807, 2.05) is 0 Å². The van der Waals surface area contributed by atoms with Crippen molar-refractivity contribution in [3.8, 4) is 11.1 Å². The summed E-state index contributed by atoms with van der Waals surface area (Å²) in [5.74, 6) is -13.1. The van der Waals surface area contributed by atoms with E-state index in [2.05, 4.69) is 0 Å². The fraction of sp³-hybridized carbons (Fsp3) is 0.333. The van der Waals surface area contributed by atoms with Crippen LogP contribution in [-0.4, -0.2) is 0 Å². The summed E-state index contributed by atoms with van der Waals surface area (Å²) >= 11 is 0. The first-order chi connectivity index (χ1) is 13.8. The molecule has 0 heterocycles. The minimum absolute atomic E-state index is 0.0710. The Hall–Kier alpha value is -2.47. The fourth-order valence-corrected chi connectivity index (χ4v) is 2.89. The number of benzene rings is 2. The number of alkyl halides is 9. The van der Waals surface area contributed by atoms with Gasteiger partial charge in [-0.05, 0) is 23.6 Å². The van der Waals surface area contributed by atoms with E-state index in [1.165, 1.54) is 0 Å². The van der Waals surface area contributed by atoms with Crippen LogP contribution in [0.2, 0.25) is 0 Å². The molecule has 0 aromatic heterocycles. The van der Waals surface area contributed by atoms with Gasteiger partial charge >= 0.3 is 18.5 Å². The highest BCUT2D eigenvalue weighted by atomic mass is 19.4. The maximum atomic E-state index is 14.4. The van der Waals surface area contributed by atoms with Crippen LogP contribution in [0.3, 0.4) is 0 Å². The first kappa shape index (κ1) is 24.8. The van der Waals surface area contributed by atoms with Gasteiger partial charge in [-0.3, -0.25) is 0 Å². The molecule has 13 heteroatoms. The lowest BCUT2D eigenvalue weighted by Gasteiger charge is -2.23. The first-order valence-corrected chi connectivity index (χ1v) is 8.05. The van der Waals surface area contributed by atoms with E-state index >= 15 is 0 Å². The molecule has 0 radical (unpaired) electrons. The molecular formula is C18H9F13. The average molecular weight is 472 g/mol. The molecule has 0 atom stereocenters. The van der Waals surface area contributed by atoms with Gasteiger partial charge in [-0.25, -0.2) is 17.6 Å². The number of hydrogen-bond acceptors (Lipinski definition) is 0. The Labute approximate surface area is 165 Å². The van der Waals surface area contributed by atoms with E-state index in [-0.39, 0.29) is 6.07 Å². The van der Waals surface area contributed by atoms with Gasteiger partial charge in [-0.1, -0.05) is 13.8 Å². The van der Waals surface area contributed by atoms with Gasteiger partial charge < -0.3 is 0 Å². The van der Waals surface area contributed by atoms with Crippen LogP contribution in [0.5, 0.6) is 0 Å². The predicted octanol–water partition coefficient (Wildman–Crippen LogP) is 8.09. The summed E-state index contributed by atoms with van der Waals surface area (Å²) in [6, 6.07) is -0.477. The molecule has 0 saturated heterocycles. The maximum Gasteiger partial charge on any atom is 0.422 e. The highest BCUT2D eigenvalue weighted by molar-refractivity contribution is 5.75. The van der Waals surface area contributed by atoms with Gasteiger partial charge in [0.2, 0.25) is 0 Å². The van der Waals surface area contributed by atoms with E-state index in [9.17, 15) is 57.1 Å². The van der Waals surface area contributed by atoms with Crippen LogP contribution in [0.25, 0.3) is 11.1 Å². The van der Waals surface area contributed by atoms with Gasteiger partial charge in [0, 0.05) is 5.56 Å². The molecule has 2 rings (SSSR count). The normalized spacial score (nSPS) is 13.3. The largest absolute Gasteiger partial charge is 0.422 e. The molecular weight excluding hydrogens is 463 g/mol. The van der Waals surface area contributed by atoms with E-state index in [4.69, 9.17) is 0 Å². The van der Waals surface area contributed by atoms with Gasteiger partial charge in [0.15, 0.2) is 23.3 Å². The second-order valence-corrected chi connectivity index (χ2v) is 6.64. The third-order valence-corrected chi connectivity index (χ3v) is 4.22. The van der Waals surface area contributed by atoms with Crippen molar-refractivity contribution < 1.29 is 57.1 Å². The topological polar surface area (TPSA) is 0 Å². The lowest BCUT2D eigenvalue weighted by molar-refractivity contribution is -0.144. The lowest BCUT2D eigenvalue weighted by atomic mass is 9.85. The van der Waals surface area contributed by atoms with E-state index in [0.717, 1.165) is 13.8 Å². The van der Waals surface area contributed by atoms with Crippen molar-refractivity contribution in [2.24, 2.45) is 0 Å². The van der Waals surface area contributed by atoms with Crippen LogP contribution in [0.1, 0.15) is 42.0 Å². The molecule has 0 aliphatic carbocycles. The molecule has 31 heavy (non-hydrogen) atoms. The van der Waals surface area contributed by atoms with Crippen LogP contribution in [0.4, 0.5) is 57.1 Å². The monoisotopic (exact) mass is 472 g/mol. The van der Waals surface area contributed by atoms with Gasteiger partial charge in [0.1, 0.15) is 5.56 Å². The Morgan fingerprint density at radius 1 is 0.581 bits per heavy atom. The molecule has 0 N–H and O–H groups in total. The van der Waals surface area contributed by atoms with Crippen molar-refractivity contribution in [2.75, 3.05) is 0 Å². The molecule has 0 nitrogen and oxygen atoms in total. The third kappa shape index (κ3) is 4.45. The van der Waals surface area contributed by atoms with E-state index in [0.29, 0.717) is 0 Å². The average Bonchev–Trinajstić information content (AvgIpc) is 2.57. The standard InChI is InChI=1S/C18H9F13/c1-5(2)7-3-6(16(23,24)25)4-8(17(26,27)28)9(7)10-12(19)14(21)11(18(29,30)31)15(22)13(10)20/h3-5H,1-2H3. The van der Waals surface area contributed by atoms with Gasteiger partial charge in [-0.15, -0.1) is 0 Å². The zero-order valence-corrected chi connectivity index (χ0v) is 15.1. The second kappa shape index (κ2) is 7.59. The van der Waals surface area contributed by atoms with Crippen LogP contribution < -0.4 is 0 Å². The minimum Gasteiger partial charge on any atom is -0.203 e. The maximum absolute atomic E-state index is 14.4.